The van der Waals surface area contributed by atoms with E-state index in [1.807, 2.05) is 30.9 Å². The van der Waals surface area contributed by atoms with Gasteiger partial charge in [0.2, 0.25) is 0 Å². The summed E-state index contributed by atoms with van der Waals surface area (Å²) in [6.45, 7) is 2.23. The van der Waals surface area contributed by atoms with Gasteiger partial charge in [0.05, 0.1) is 6.61 Å². The zero-order valence-electron chi connectivity index (χ0n) is 14.1. The van der Waals surface area contributed by atoms with Crippen LogP contribution in [-0.4, -0.2) is 23.3 Å². The van der Waals surface area contributed by atoms with E-state index in [2.05, 4.69) is 29.2 Å². The first-order chi connectivity index (χ1) is 11.8. The summed E-state index contributed by atoms with van der Waals surface area (Å²) in [7, 11) is 0. The quantitative estimate of drug-likeness (QED) is 0.423. The lowest BCUT2D eigenvalue weighted by molar-refractivity contribution is 0.0518. The molecule has 126 valence electrons. The highest BCUT2D eigenvalue weighted by Gasteiger charge is 2.23. The molecule has 1 aliphatic rings. The van der Waals surface area contributed by atoms with E-state index in [4.69, 9.17) is 4.74 Å². The van der Waals surface area contributed by atoms with Crippen LogP contribution < -0.4 is 0 Å². The number of pyridine rings is 1. The Labute approximate surface area is 147 Å². The summed E-state index contributed by atoms with van der Waals surface area (Å²) < 4.78 is 5.14. The van der Waals surface area contributed by atoms with Gasteiger partial charge >= 0.3 is 5.97 Å². The van der Waals surface area contributed by atoms with Crippen molar-refractivity contribution < 1.29 is 9.53 Å². The van der Waals surface area contributed by atoms with Crippen LogP contribution in [0.3, 0.4) is 0 Å². The molecule has 0 N–H and O–H groups in total. The summed E-state index contributed by atoms with van der Waals surface area (Å²) in [5.74, 6) is 0.820. The summed E-state index contributed by atoms with van der Waals surface area (Å²) >= 11 is 1.89. The minimum Gasteiger partial charge on any atom is -0.461 e. The molecule has 0 saturated carbocycles. The van der Waals surface area contributed by atoms with Crippen LogP contribution >= 0.6 is 11.8 Å². The molecule has 0 amide bonds. The number of ether oxygens (including phenoxy) is 1. The molecular weight excluding hydrogens is 318 g/mol. The highest BCUT2D eigenvalue weighted by molar-refractivity contribution is 7.99. The minimum absolute atomic E-state index is 0.276. The number of aromatic nitrogens is 1. The summed E-state index contributed by atoms with van der Waals surface area (Å²) in [5.41, 5.74) is 4.32. The Morgan fingerprint density at radius 2 is 2.00 bits per heavy atom. The van der Waals surface area contributed by atoms with Crippen molar-refractivity contribution in [3.05, 3.63) is 58.9 Å². The predicted octanol–water partition coefficient (Wildman–Crippen LogP) is 4.47. The summed E-state index contributed by atoms with van der Waals surface area (Å²) in [6, 6.07) is 10.5. The Kier molecular flexibility index (Phi) is 5.91. The number of hydrogen-bond acceptors (Lipinski definition) is 4. The van der Waals surface area contributed by atoms with Crippen LogP contribution in [0, 0.1) is 0 Å². The van der Waals surface area contributed by atoms with Gasteiger partial charge in [-0.1, -0.05) is 18.2 Å². The molecule has 1 aliphatic carbocycles. The molecule has 0 aliphatic heterocycles. The van der Waals surface area contributed by atoms with E-state index < -0.39 is 0 Å². The monoisotopic (exact) mass is 341 g/mol. The number of fused-ring (bicyclic) bond motifs is 1. The zero-order chi connectivity index (χ0) is 16.8. The normalized spacial score (nSPS) is 12.9. The number of benzene rings is 1. The fourth-order valence-electron chi connectivity index (χ4n) is 3.22. The molecule has 0 unspecified atom stereocenters. The number of thioether (sulfide) groups is 1. The van der Waals surface area contributed by atoms with Gasteiger partial charge in [0.1, 0.15) is 0 Å². The summed E-state index contributed by atoms with van der Waals surface area (Å²) in [5, 5.41) is 0. The molecule has 1 aromatic heterocycles. The summed E-state index contributed by atoms with van der Waals surface area (Å²) in [6.07, 6.45) is 7.15. The van der Waals surface area contributed by atoms with Crippen LogP contribution in [0.2, 0.25) is 0 Å². The van der Waals surface area contributed by atoms with Gasteiger partial charge in [-0.25, -0.2) is 9.78 Å². The van der Waals surface area contributed by atoms with E-state index in [1.54, 1.807) is 0 Å². The molecule has 0 radical (unpaired) electrons. The van der Waals surface area contributed by atoms with Gasteiger partial charge in [-0.3, -0.25) is 0 Å². The van der Waals surface area contributed by atoms with Gasteiger partial charge in [-0.2, -0.15) is 0 Å². The fourth-order valence-corrected chi connectivity index (χ4v) is 4.09. The molecule has 24 heavy (non-hydrogen) atoms. The van der Waals surface area contributed by atoms with Crippen molar-refractivity contribution in [3.63, 3.8) is 0 Å². The highest BCUT2D eigenvalue weighted by atomic mass is 32.2. The SMILES string of the molecule is CCOC(=O)c1ncc(CCCSc2ccccc2)c2c1CCC2. The molecule has 3 rings (SSSR count). The molecule has 0 spiro atoms. The highest BCUT2D eigenvalue weighted by Crippen LogP contribution is 2.29. The molecule has 0 fully saturated rings. The Hall–Kier alpha value is -1.81. The molecule has 0 saturated heterocycles. The molecule has 1 aromatic carbocycles. The van der Waals surface area contributed by atoms with Gasteiger partial charge in [-0.05, 0) is 73.6 Å². The van der Waals surface area contributed by atoms with Crippen LogP contribution in [0.1, 0.15) is 46.9 Å². The maximum absolute atomic E-state index is 12.0. The molecule has 4 heteroatoms. The number of esters is 1. The average Bonchev–Trinajstić information content (AvgIpc) is 3.09. The van der Waals surface area contributed by atoms with Crippen molar-refractivity contribution in [2.45, 2.75) is 43.9 Å². The lowest BCUT2D eigenvalue weighted by atomic mass is 10.0. The van der Waals surface area contributed by atoms with Crippen molar-refractivity contribution in [1.29, 1.82) is 0 Å². The predicted molar refractivity (Wildman–Crippen MR) is 97.7 cm³/mol. The fraction of sp³-hybridized carbons (Fsp3) is 0.400. The summed E-state index contributed by atoms with van der Waals surface area (Å²) in [4.78, 5) is 17.8. The first-order valence-corrected chi connectivity index (χ1v) is 9.62. The largest absolute Gasteiger partial charge is 0.461 e. The van der Waals surface area contributed by atoms with Crippen molar-refractivity contribution in [3.8, 4) is 0 Å². The van der Waals surface area contributed by atoms with Crippen molar-refractivity contribution in [2.24, 2.45) is 0 Å². The van der Waals surface area contributed by atoms with E-state index in [0.29, 0.717) is 12.3 Å². The number of rotatable bonds is 7. The number of hydrogen-bond donors (Lipinski definition) is 0. The van der Waals surface area contributed by atoms with Gasteiger partial charge in [-0.15, -0.1) is 11.8 Å². The Morgan fingerprint density at radius 1 is 1.21 bits per heavy atom. The number of carbonyl (C=O) groups is 1. The van der Waals surface area contributed by atoms with E-state index in [9.17, 15) is 4.79 Å². The standard InChI is InChI=1S/C20H23NO2S/c1-2-23-20(22)19-18-12-6-11-17(18)15(14-21-19)8-7-13-24-16-9-4-3-5-10-16/h3-5,9-10,14H,2,6-8,11-13H2,1H3. The van der Waals surface area contributed by atoms with Crippen LogP contribution in [0.15, 0.2) is 41.4 Å². The van der Waals surface area contributed by atoms with E-state index >= 15 is 0 Å². The average molecular weight is 341 g/mol. The Bertz CT molecular complexity index is 700. The third kappa shape index (κ3) is 3.99. The lowest BCUT2D eigenvalue weighted by Crippen LogP contribution is -2.12. The number of aryl methyl sites for hydroxylation is 1. The third-order valence-corrected chi connectivity index (χ3v) is 5.41. The topological polar surface area (TPSA) is 39.2 Å². The molecule has 0 bridgehead atoms. The lowest BCUT2D eigenvalue weighted by Gasteiger charge is -2.11. The second kappa shape index (κ2) is 8.34. The maximum atomic E-state index is 12.0. The first kappa shape index (κ1) is 17.0. The minimum atomic E-state index is -0.276. The van der Waals surface area contributed by atoms with E-state index in [-0.39, 0.29) is 5.97 Å². The smallest absolute Gasteiger partial charge is 0.357 e. The molecular formula is C20H23NO2S. The molecule has 0 atom stereocenters. The third-order valence-electron chi connectivity index (χ3n) is 4.31. The zero-order valence-corrected chi connectivity index (χ0v) is 14.9. The van der Waals surface area contributed by atoms with E-state index in [1.165, 1.54) is 16.0 Å². The number of carbonyl (C=O) groups excluding carboxylic acids is 1. The van der Waals surface area contributed by atoms with Crippen molar-refractivity contribution >= 4 is 17.7 Å². The number of nitrogens with zero attached hydrogens (tertiary/aromatic N) is 1. The molecule has 3 nitrogen and oxygen atoms in total. The van der Waals surface area contributed by atoms with Gasteiger partial charge in [0, 0.05) is 11.1 Å². The van der Waals surface area contributed by atoms with Crippen molar-refractivity contribution in [2.75, 3.05) is 12.4 Å². The van der Waals surface area contributed by atoms with Crippen LogP contribution in [-0.2, 0) is 24.0 Å². The second-order valence-corrected chi connectivity index (χ2v) is 7.10. The van der Waals surface area contributed by atoms with E-state index in [0.717, 1.165) is 43.4 Å². The Morgan fingerprint density at radius 3 is 2.79 bits per heavy atom. The van der Waals surface area contributed by atoms with Gasteiger partial charge in [0.15, 0.2) is 5.69 Å². The van der Waals surface area contributed by atoms with Crippen molar-refractivity contribution in [1.82, 2.24) is 4.98 Å². The van der Waals surface area contributed by atoms with Gasteiger partial charge < -0.3 is 4.74 Å². The van der Waals surface area contributed by atoms with Crippen LogP contribution in [0.5, 0.6) is 0 Å². The first-order valence-electron chi connectivity index (χ1n) is 8.64. The van der Waals surface area contributed by atoms with Crippen LogP contribution in [0.25, 0.3) is 0 Å². The van der Waals surface area contributed by atoms with Crippen LogP contribution in [0.4, 0.5) is 0 Å². The molecule has 1 heterocycles. The van der Waals surface area contributed by atoms with Gasteiger partial charge in [0.25, 0.3) is 0 Å². The second-order valence-electron chi connectivity index (χ2n) is 5.93. The maximum Gasteiger partial charge on any atom is 0.357 e. The Balaban J connectivity index is 1.62. The molecule has 2 aromatic rings.